The number of anilines is 1. The van der Waals surface area contributed by atoms with E-state index in [1.807, 2.05) is 37.3 Å². The smallest absolute Gasteiger partial charge is 0.301 e. The molecule has 1 aliphatic heterocycles. The lowest BCUT2D eigenvalue weighted by Gasteiger charge is -2.23. The van der Waals surface area contributed by atoms with Crippen LogP contribution in [-0.2, 0) is 16.0 Å². The molecular weight excluding hydrogens is 451 g/mol. The van der Waals surface area contributed by atoms with Gasteiger partial charge in [-0.05, 0) is 48.7 Å². The number of fused-ring (bicyclic) bond motifs is 1. The molecule has 0 saturated carbocycles. The van der Waals surface area contributed by atoms with Gasteiger partial charge in [-0.2, -0.15) is 0 Å². The maximum Gasteiger partial charge on any atom is 0.301 e. The zero-order valence-corrected chi connectivity index (χ0v) is 19.4. The second-order valence-electron chi connectivity index (χ2n) is 8.24. The molecule has 1 aromatic heterocycles. The topological polar surface area (TPSA) is 70.5 Å². The van der Waals surface area contributed by atoms with Crippen LogP contribution in [0.2, 0.25) is 0 Å². The first-order valence-electron chi connectivity index (χ1n) is 10.9. The zero-order chi connectivity index (χ0) is 24.0. The molecule has 0 unspecified atom stereocenters. The van der Waals surface area contributed by atoms with E-state index in [1.165, 1.54) is 40.5 Å². The monoisotopic (exact) mass is 472 g/mol. The number of ketones is 1. The molecule has 0 spiro atoms. The molecule has 4 aromatic rings. The van der Waals surface area contributed by atoms with Gasteiger partial charge in [-0.1, -0.05) is 66.3 Å². The second-order valence-corrected chi connectivity index (χ2v) is 9.25. The highest BCUT2D eigenvalue weighted by atomic mass is 32.1. The van der Waals surface area contributed by atoms with Gasteiger partial charge in [0.25, 0.3) is 5.78 Å². The van der Waals surface area contributed by atoms with Crippen molar-refractivity contribution in [3.05, 3.63) is 100 Å². The van der Waals surface area contributed by atoms with Crippen molar-refractivity contribution in [1.82, 2.24) is 4.98 Å². The fourth-order valence-electron chi connectivity index (χ4n) is 4.14. The highest BCUT2D eigenvalue weighted by Crippen LogP contribution is 2.44. The van der Waals surface area contributed by atoms with Crippen LogP contribution >= 0.6 is 11.3 Å². The SMILES string of the molecule is CCc1ccc2nc(N3C(=O)C(=O)/C(=C(/O)c4ccc(C)cc4)[C@H]3c3ccc(F)cc3)sc2c1. The quantitative estimate of drug-likeness (QED) is 0.227. The largest absolute Gasteiger partial charge is 0.507 e. The number of nitrogens with zero attached hydrogens (tertiary/aromatic N) is 2. The Kier molecular flexibility index (Phi) is 5.49. The van der Waals surface area contributed by atoms with E-state index in [1.54, 1.807) is 12.1 Å². The van der Waals surface area contributed by atoms with E-state index in [0.29, 0.717) is 16.3 Å². The number of carbonyl (C=O) groups is 2. The minimum absolute atomic E-state index is 0.0473. The van der Waals surface area contributed by atoms with Crippen molar-refractivity contribution < 1.29 is 19.1 Å². The third-order valence-electron chi connectivity index (χ3n) is 6.01. The number of rotatable bonds is 4. The molecular formula is C27H21FN2O3S. The first-order chi connectivity index (χ1) is 16.4. The number of aliphatic hydroxyl groups excluding tert-OH is 1. The average Bonchev–Trinajstić information content (AvgIpc) is 3.37. The first-order valence-corrected chi connectivity index (χ1v) is 11.7. The molecule has 1 amide bonds. The van der Waals surface area contributed by atoms with E-state index in [0.717, 1.165) is 27.8 Å². The molecule has 34 heavy (non-hydrogen) atoms. The Balaban J connectivity index is 1.71. The van der Waals surface area contributed by atoms with Gasteiger partial charge in [0.1, 0.15) is 11.6 Å². The number of carbonyl (C=O) groups excluding carboxylic acids is 2. The van der Waals surface area contributed by atoms with Gasteiger partial charge in [-0.25, -0.2) is 9.37 Å². The molecule has 0 bridgehead atoms. The van der Waals surface area contributed by atoms with Gasteiger partial charge in [-0.15, -0.1) is 0 Å². The normalized spacial score (nSPS) is 17.6. The van der Waals surface area contributed by atoms with Gasteiger partial charge in [0.2, 0.25) is 0 Å². The number of halogens is 1. The predicted molar refractivity (Wildman–Crippen MR) is 131 cm³/mol. The van der Waals surface area contributed by atoms with Crippen LogP contribution in [0.5, 0.6) is 0 Å². The summed E-state index contributed by atoms with van der Waals surface area (Å²) in [4.78, 5) is 32.4. The van der Waals surface area contributed by atoms with Gasteiger partial charge in [0.15, 0.2) is 5.13 Å². The molecule has 1 N–H and O–H groups in total. The van der Waals surface area contributed by atoms with Crippen LogP contribution in [0.4, 0.5) is 9.52 Å². The van der Waals surface area contributed by atoms with Crippen molar-refractivity contribution in [2.45, 2.75) is 26.3 Å². The van der Waals surface area contributed by atoms with Crippen molar-refractivity contribution in [1.29, 1.82) is 0 Å². The fourth-order valence-corrected chi connectivity index (χ4v) is 5.19. The number of amides is 1. The number of thiazole rings is 1. The Morgan fingerprint density at radius 2 is 1.76 bits per heavy atom. The summed E-state index contributed by atoms with van der Waals surface area (Å²) in [5, 5.41) is 11.5. The number of aliphatic hydroxyl groups is 1. The summed E-state index contributed by atoms with van der Waals surface area (Å²) in [5.74, 6) is -2.30. The highest BCUT2D eigenvalue weighted by molar-refractivity contribution is 7.22. The molecule has 1 aliphatic rings. The van der Waals surface area contributed by atoms with Gasteiger partial charge < -0.3 is 5.11 Å². The lowest BCUT2D eigenvalue weighted by Crippen LogP contribution is -2.29. The van der Waals surface area contributed by atoms with Crippen molar-refractivity contribution in [2.75, 3.05) is 4.90 Å². The average molecular weight is 473 g/mol. The summed E-state index contributed by atoms with van der Waals surface area (Å²) < 4.78 is 14.6. The lowest BCUT2D eigenvalue weighted by atomic mass is 9.95. The molecule has 1 saturated heterocycles. The number of Topliss-reactive ketones (excluding diaryl/α,β-unsaturated/α-hetero) is 1. The molecule has 3 aromatic carbocycles. The third-order valence-corrected chi connectivity index (χ3v) is 7.03. The number of hydrogen-bond donors (Lipinski definition) is 1. The van der Waals surface area contributed by atoms with E-state index >= 15 is 0 Å². The minimum Gasteiger partial charge on any atom is -0.507 e. The van der Waals surface area contributed by atoms with Crippen molar-refractivity contribution >= 4 is 44.1 Å². The molecule has 0 radical (unpaired) electrons. The molecule has 7 heteroatoms. The van der Waals surface area contributed by atoms with Crippen molar-refractivity contribution in [3.63, 3.8) is 0 Å². The van der Waals surface area contributed by atoms with Crippen LogP contribution < -0.4 is 4.90 Å². The standard InChI is InChI=1S/C27H21FN2O3S/c1-3-16-6-13-20-21(14-16)34-27(29-20)30-23(17-9-11-19(28)12-10-17)22(25(32)26(30)33)24(31)18-7-4-15(2)5-8-18/h4-14,23,31H,3H2,1-2H3/b24-22+/t23-/m1/s1. The van der Waals surface area contributed by atoms with Crippen LogP contribution in [-0.4, -0.2) is 21.8 Å². The zero-order valence-electron chi connectivity index (χ0n) is 18.6. The second kappa shape index (κ2) is 8.50. The lowest BCUT2D eigenvalue weighted by molar-refractivity contribution is -0.132. The molecule has 5 nitrogen and oxygen atoms in total. The summed E-state index contributed by atoms with van der Waals surface area (Å²) in [6.07, 6.45) is 0.861. The van der Waals surface area contributed by atoms with E-state index in [-0.39, 0.29) is 11.3 Å². The van der Waals surface area contributed by atoms with Crippen LogP contribution in [0.25, 0.3) is 16.0 Å². The van der Waals surface area contributed by atoms with Gasteiger partial charge in [0, 0.05) is 5.56 Å². The molecule has 170 valence electrons. The van der Waals surface area contributed by atoms with Crippen LogP contribution in [0.1, 0.15) is 35.2 Å². The Hall–Kier alpha value is -3.84. The number of hydrogen-bond acceptors (Lipinski definition) is 5. The summed E-state index contributed by atoms with van der Waals surface area (Å²) in [5.41, 5.74) is 3.73. The van der Waals surface area contributed by atoms with Gasteiger partial charge >= 0.3 is 5.91 Å². The maximum atomic E-state index is 13.7. The van der Waals surface area contributed by atoms with Crippen LogP contribution in [0.15, 0.2) is 72.3 Å². The predicted octanol–water partition coefficient (Wildman–Crippen LogP) is 5.93. The maximum absolute atomic E-state index is 13.7. The van der Waals surface area contributed by atoms with Crippen LogP contribution in [0, 0.1) is 12.7 Å². The van der Waals surface area contributed by atoms with E-state index < -0.39 is 23.5 Å². The summed E-state index contributed by atoms with van der Waals surface area (Å²) in [6.45, 7) is 3.97. The van der Waals surface area contributed by atoms with Gasteiger partial charge in [0.05, 0.1) is 21.8 Å². The highest BCUT2D eigenvalue weighted by Gasteiger charge is 2.48. The number of aryl methyl sites for hydroxylation is 2. The first kappa shape index (κ1) is 22.0. The molecule has 1 fully saturated rings. The van der Waals surface area contributed by atoms with Gasteiger partial charge in [-0.3, -0.25) is 14.5 Å². The Morgan fingerprint density at radius 3 is 2.44 bits per heavy atom. The molecule has 0 aliphatic carbocycles. The van der Waals surface area contributed by atoms with E-state index in [9.17, 15) is 19.1 Å². The Labute approximate surface area is 199 Å². The third kappa shape index (κ3) is 3.68. The number of aromatic nitrogens is 1. The summed E-state index contributed by atoms with van der Waals surface area (Å²) in [7, 11) is 0. The summed E-state index contributed by atoms with van der Waals surface area (Å²) >= 11 is 1.31. The molecule has 5 rings (SSSR count). The molecule has 2 heterocycles. The number of benzene rings is 3. The van der Waals surface area contributed by atoms with Crippen molar-refractivity contribution in [3.8, 4) is 0 Å². The van der Waals surface area contributed by atoms with E-state index in [4.69, 9.17) is 0 Å². The fraction of sp³-hybridized carbons (Fsp3) is 0.148. The summed E-state index contributed by atoms with van der Waals surface area (Å²) in [6, 6.07) is 17.6. The van der Waals surface area contributed by atoms with Crippen molar-refractivity contribution in [2.24, 2.45) is 0 Å². The van der Waals surface area contributed by atoms with Crippen LogP contribution in [0.3, 0.4) is 0 Å². The Bertz CT molecular complexity index is 1460. The Morgan fingerprint density at radius 1 is 1.06 bits per heavy atom. The molecule has 1 atom stereocenters. The van der Waals surface area contributed by atoms with E-state index in [2.05, 4.69) is 11.9 Å². The minimum atomic E-state index is -0.937.